The number of hydrogen-bond acceptors (Lipinski definition) is 3. The van der Waals surface area contributed by atoms with Gasteiger partial charge in [0.15, 0.2) is 6.54 Å². The average molecular weight is 369 g/mol. The Kier molecular flexibility index (Phi) is 7.52. The number of rotatable bonds is 6. The molecule has 7 heteroatoms. The van der Waals surface area contributed by atoms with Crippen molar-refractivity contribution in [3.63, 3.8) is 0 Å². The topological polar surface area (TPSA) is 75.2 Å². The van der Waals surface area contributed by atoms with Crippen LogP contribution >= 0.6 is 11.6 Å². The number of amides is 2. The van der Waals surface area contributed by atoms with Crippen LogP contribution in [0.15, 0.2) is 24.3 Å². The van der Waals surface area contributed by atoms with Gasteiger partial charge in [0.05, 0.1) is 6.61 Å². The summed E-state index contributed by atoms with van der Waals surface area (Å²) in [5.74, 6) is 0.0171. The van der Waals surface area contributed by atoms with E-state index in [0.29, 0.717) is 31.3 Å². The lowest BCUT2D eigenvalue weighted by Crippen LogP contribution is -2.87. The molecule has 0 radical (unpaired) electrons. The Morgan fingerprint density at radius 3 is 2.76 bits per heavy atom. The number of piperidine rings is 1. The highest BCUT2D eigenvalue weighted by Gasteiger charge is 2.25. The SMILES string of the molecule is CCOC(=O)N1CCC(NC(=O)C[NH2+][C@H](C)c2cccc(Cl)c2)CC1. The Bertz CT molecular complexity index is 589. The Labute approximate surface area is 153 Å². The molecule has 0 saturated carbocycles. The van der Waals surface area contributed by atoms with E-state index < -0.39 is 0 Å². The van der Waals surface area contributed by atoms with Crippen molar-refractivity contribution in [1.29, 1.82) is 0 Å². The number of halogens is 1. The Hall–Kier alpha value is -1.79. The molecule has 0 bridgehead atoms. The third kappa shape index (κ3) is 6.21. The zero-order chi connectivity index (χ0) is 18.2. The highest BCUT2D eigenvalue weighted by atomic mass is 35.5. The number of nitrogens with two attached hydrogens (primary N) is 1. The standard InChI is InChI=1S/C18H26ClN3O3/c1-3-25-18(24)22-9-7-16(8-10-22)21-17(23)12-20-13(2)14-5-4-6-15(19)11-14/h4-6,11,13,16,20H,3,7-10,12H2,1-2H3,(H,21,23)/p+1/t13-/m1/s1. The molecule has 0 aliphatic carbocycles. The molecule has 1 aliphatic rings. The van der Waals surface area contributed by atoms with Gasteiger partial charge in [-0.05, 0) is 38.8 Å². The number of ether oxygens (including phenoxy) is 1. The lowest BCUT2D eigenvalue weighted by Gasteiger charge is -2.31. The summed E-state index contributed by atoms with van der Waals surface area (Å²) in [4.78, 5) is 25.5. The number of nitrogens with zero attached hydrogens (tertiary/aromatic N) is 1. The first-order valence-electron chi connectivity index (χ1n) is 8.79. The maximum atomic E-state index is 12.2. The van der Waals surface area contributed by atoms with Crippen LogP contribution in [-0.4, -0.2) is 49.2 Å². The van der Waals surface area contributed by atoms with Gasteiger partial charge < -0.3 is 20.3 Å². The molecule has 1 fully saturated rings. The van der Waals surface area contributed by atoms with Crippen LogP contribution in [0.25, 0.3) is 0 Å². The molecule has 1 saturated heterocycles. The molecule has 1 atom stereocenters. The minimum Gasteiger partial charge on any atom is -0.450 e. The fourth-order valence-corrected chi connectivity index (χ4v) is 3.12. The fourth-order valence-electron chi connectivity index (χ4n) is 2.92. The van der Waals surface area contributed by atoms with Crippen LogP contribution in [0.3, 0.4) is 0 Å². The number of hydrogen-bond donors (Lipinski definition) is 2. The largest absolute Gasteiger partial charge is 0.450 e. The van der Waals surface area contributed by atoms with Crippen LogP contribution in [0, 0.1) is 0 Å². The zero-order valence-corrected chi connectivity index (χ0v) is 15.6. The monoisotopic (exact) mass is 368 g/mol. The minimum atomic E-state index is -0.268. The van der Waals surface area contributed by atoms with Crippen molar-refractivity contribution >= 4 is 23.6 Å². The molecule has 3 N–H and O–H groups in total. The van der Waals surface area contributed by atoms with Crippen molar-refractivity contribution in [1.82, 2.24) is 10.2 Å². The molecule has 0 unspecified atom stereocenters. The minimum absolute atomic E-state index is 0.0171. The first-order valence-corrected chi connectivity index (χ1v) is 9.17. The maximum Gasteiger partial charge on any atom is 0.409 e. The first kappa shape index (κ1) is 19.5. The van der Waals surface area contributed by atoms with Crippen LogP contribution in [-0.2, 0) is 9.53 Å². The number of quaternary nitrogens is 1. The van der Waals surface area contributed by atoms with Crippen molar-refractivity contribution in [3.8, 4) is 0 Å². The maximum absolute atomic E-state index is 12.2. The van der Waals surface area contributed by atoms with Crippen molar-refractivity contribution in [2.24, 2.45) is 0 Å². The van der Waals surface area contributed by atoms with E-state index in [0.717, 1.165) is 18.4 Å². The van der Waals surface area contributed by atoms with Crippen molar-refractivity contribution in [2.45, 2.75) is 38.8 Å². The molecule has 2 amide bonds. The molecule has 2 rings (SSSR count). The molecule has 0 aromatic heterocycles. The van der Waals surface area contributed by atoms with Crippen LogP contribution in [0.1, 0.15) is 38.3 Å². The van der Waals surface area contributed by atoms with Gasteiger partial charge in [-0.1, -0.05) is 23.7 Å². The van der Waals surface area contributed by atoms with Gasteiger partial charge in [0.1, 0.15) is 6.04 Å². The number of carbonyl (C=O) groups excluding carboxylic acids is 2. The second-order valence-electron chi connectivity index (χ2n) is 6.31. The summed E-state index contributed by atoms with van der Waals surface area (Å²) in [6, 6.07) is 7.97. The molecular weight excluding hydrogens is 342 g/mol. The van der Waals surface area contributed by atoms with Crippen molar-refractivity contribution in [2.75, 3.05) is 26.2 Å². The summed E-state index contributed by atoms with van der Waals surface area (Å²) >= 11 is 6.00. The molecule has 138 valence electrons. The van der Waals surface area contributed by atoms with E-state index >= 15 is 0 Å². The predicted molar refractivity (Wildman–Crippen MR) is 96.4 cm³/mol. The van der Waals surface area contributed by atoms with Crippen LogP contribution < -0.4 is 10.6 Å². The van der Waals surface area contributed by atoms with Gasteiger partial charge in [0, 0.05) is 29.7 Å². The van der Waals surface area contributed by atoms with E-state index in [1.165, 1.54) is 0 Å². The molecular formula is C18H27ClN3O3+. The number of likely N-dealkylation sites (tertiary alicyclic amines) is 1. The van der Waals surface area contributed by atoms with Crippen LogP contribution in [0.2, 0.25) is 5.02 Å². The number of carbonyl (C=O) groups is 2. The second kappa shape index (κ2) is 9.63. The summed E-state index contributed by atoms with van der Waals surface area (Å²) in [6.07, 6.45) is 1.25. The predicted octanol–water partition coefficient (Wildman–Crippen LogP) is 1.70. The molecule has 1 heterocycles. The fraction of sp³-hybridized carbons (Fsp3) is 0.556. The van der Waals surface area contributed by atoms with Gasteiger partial charge in [0.2, 0.25) is 0 Å². The third-order valence-electron chi connectivity index (χ3n) is 4.42. The summed E-state index contributed by atoms with van der Waals surface area (Å²) < 4.78 is 5.00. The molecule has 1 aromatic carbocycles. The van der Waals surface area contributed by atoms with Gasteiger partial charge >= 0.3 is 6.09 Å². The molecule has 1 aromatic rings. The van der Waals surface area contributed by atoms with Gasteiger partial charge in [-0.15, -0.1) is 0 Å². The lowest BCUT2D eigenvalue weighted by molar-refractivity contribution is -0.682. The van der Waals surface area contributed by atoms with E-state index in [9.17, 15) is 9.59 Å². The summed E-state index contributed by atoms with van der Waals surface area (Å²) in [7, 11) is 0. The highest BCUT2D eigenvalue weighted by molar-refractivity contribution is 6.30. The Balaban J connectivity index is 1.70. The second-order valence-corrected chi connectivity index (χ2v) is 6.75. The molecule has 1 aliphatic heterocycles. The zero-order valence-electron chi connectivity index (χ0n) is 14.8. The average Bonchev–Trinajstić information content (AvgIpc) is 2.60. The lowest BCUT2D eigenvalue weighted by atomic mass is 10.1. The summed E-state index contributed by atoms with van der Waals surface area (Å²) in [6.45, 7) is 5.84. The van der Waals surface area contributed by atoms with E-state index in [1.807, 2.05) is 29.6 Å². The van der Waals surface area contributed by atoms with Gasteiger partial charge in [-0.25, -0.2) is 4.79 Å². The summed E-state index contributed by atoms with van der Waals surface area (Å²) in [5.41, 5.74) is 1.10. The van der Waals surface area contributed by atoms with Crippen molar-refractivity contribution < 1.29 is 19.6 Å². The van der Waals surface area contributed by atoms with Gasteiger partial charge in [-0.2, -0.15) is 0 Å². The van der Waals surface area contributed by atoms with Crippen LogP contribution in [0.4, 0.5) is 4.79 Å². The normalized spacial score (nSPS) is 16.4. The molecule has 25 heavy (non-hydrogen) atoms. The van der Waals surface area contributed by atoms with E-state index in [1.54, 1.807) is 11.8 Å². The molecule has 6 nitrogen and oxygen atoms in total. The smallest absolute Gasteiger partial charge is 0.409 e. The number of nitrogens with one attached hydrogen (secondary N) is 1. The Morgan fingerprint density at radius 2 is 2.12 bits per heavy atom. The number of benzene rings is 1. The van der Waals surface area contributed by atoms with Crippen molar-refractivity contribution in [3.05, 3.63) is 34.9 Å². The van der Waals surface area contributed by atoms with Crippen LogP contribution in [0.5, 0.6) is 0 Å². The van der Waals surface area contributed by atoms with Gasteiger partial charge in [0.25, 0.3) is 5.91 Å². The highest BCUT2D eigenvalue weighted by Crippen LogP contribution is 2.14. The molecule has 0 spiro atoms. The first-order chi connectivity index (χ1) is 12.0. The quantitative estimate of drug-likeness (QED) is 0.802. The van der Waals surface area contributed by atoms with E-state index in [4.69, 9.17) is 16.3 Å². The Morgan fingerprint density at radius 1 is 1.40 bits per heavy atom. The van der Waals surface area contributed by atoms with E-state index in [2.05, 4.69) is 12.2 Å². The van der Waals surface area contributed by atoms with E-state index in [-0.39, 0.29) is 24.1 Å². The van der Waals surface area contributed by atoms with Gasteiger partial charge in [-0.3, -0.25) is 4.79 Å². The summed E-state index contributed by atoms with van der Waals surface area (Å²) in [5, 5.41) is 5.75. The third-order valence-corrected chi connectivity index (χ3v) is 4.65.